The van der Waals surface area contributed by atoms with Crippen LogP contribution in [0, 0.1) is 6.92 Å². The highest BCUT2D eigenvalue weighted by atomic mass is 32.2. The first-order valence-electron chi connectivity index (χ1n) is 7.72. The highest BCUT2D eigenvalue weighted by Gasteiger charge is 2.31. The number of carboxylic acid groups (broad SMARTS) is 1. The van der Waals surface area contributed by atoms with Crippen LogP contribution in [0.3, 0.4) is 0 Å². The lowest BCUT2D eigenvalue weighted by Gasteiger charge is -2.25. The lowest BCUT2D eigenvalue weighted by atomic mass is 10.0. The van der Waals surface area contributed by atoms with E-state index in [2.05, 4.69) is 36.2 Å². The molecule has 1 N–H and O–H groups in total. The molecule has 5 nitrogen and oxygen atoms in total. The van der Waals surface area contributed by atoms with Crippen LogP contribution in [0.25, 0.3) is 0 Å². The van der Waals surface area contributed by atoms with Gasteiger partial charge < -0.3 is 10.0 Å². The molecule has 0 radical (unpaired) electrons. The van der Waals surface area contributed by atoms with Crippen LogP contribution in [0.5, 0.6) is 0 Å². The van der Waals surface area contributed by atoms with E-state index in [4.69, 9.17) is 5.11 Å². The third-order valence-electron chi connectivity index (χ3n) is 4.05. The van der Waals surface area contributed by atoms with E-state index in [9.17, 15) is 9.59 Å². The van der Waals surface area contributed by atoms with Crippen molar-refractivity contribution in [2.75, 3.05) is 12.3 Å². The van der Waals surface area contributed by atoms with Gasteiger partial charge in [-0.1, -0.05) is 41.6 Å². The van der Waals surface area contributed by atoms with E-state index >= 15 is 0 Å². The quantitative estimate of drug-likeness (QED) is 0.795. The van der Waals surface area contributed by atoms with E-state index in [1.54, 1.807) is 5.38 Å². The van der Waals surface area contributed by atoms with Crippen LogP contribution < -0.4 is 0 Å². The normalized spacial score (nSPS) is 17.5. The van der Waals surface area contributed by atoms with Gasteiger partial charge in [-0.05, 0) is 18.9 Å². The van der Waals surface area contributed by atoms with Crippen molar-refractivity contribution in [2.45, 2.75) is 30.1 Å². The van der Waals surface area contributed by atoms with Gasteiger partial charge in [0.1, 0.15) is 0 Å². The van der Waals surface area contributed by atoms with Gasteiger partial charge in [-0.2, -0.15) is 0 Å². The van der Waals surface area contributed by atoms with Crippen molar-refractivity contribution in [3.63, 3.8) is 0 Å². The topological polar surface area (TPSA) is 70.5 Å². The number of hydrogen-bond donors (Lipinski definition) is 1. The predicted molar refractivity (Wildman–Crippen MR) is 94.7 cm³/mol. The number of aryl methyl sites for hydroxylation is 1. The summed E-state index contributed by atoms with van der Waals surface area (Å²) in [7, 11) is 0. The summed E-state index contributed by atoms with van der Waals surface area (Å²) in [6, 6.07) is 8.49. The average molecular weight is 362 g/mol. The van der Waals surface area contributed by atoms with Crippen LogP contribution in [0.1, 0.15) is 40.5 Å². The van der Waals surface area contributed by atoms with Crippen LogP contribution in [0.15, 0.2) is 34.0 Å². The Bertz CT molecular complexity index is 743. The Morgan fingerprint density at radius 3 is 2.83 bits per heavy atom. The predicted octanol–water partition coefficient (Wildman–Crippen LogP) is 3.61. The smallest absolute Gasteiger partial charge is 0.355 e. The average Bonchev–Trinajstić information content (AvgIpc) is 3.16. The first-order chi connectivity index (χ1) is 11.5. The molecule has 126 valence electrons. The van der Waals surface area contributed by atoms with E-state index in [0.29, 0.717) is 18.7 Å². The third-order valence-corrected chi connectivity index (χ3v) is 6.05. The highest BCUT2D eigenvalue weighted by molar-refractivity contribution is 8.01. The largest absolute Gasteiger partial charge is 0.476 e. The molecule has 1 aliphatic heterocycles. The molecule has 0 saturated carbocycles. The molecule has 1 saturated heterocycles. The van der Waals surface area contributed by atoms with Gasteiger partial charge in [0.05, 0.1) is 6.04 Å². The molecule has 2 aromatic rings. The number of carbonyl (C=O) groups excluding carboxylic acids is 1. The summed E-state index contributed by atoms with van der Waals surface area (Å²) in [5.41, 5.74) is 2.47. The second-order valence-electron chi connectivity index (χ2n) is 5.70. The summed E-state index contributed by atoms with van der Waals surface area (Å²) in [5.74, 6) is -0.112. The fourth-order valence-corrected chi connectivity index (χ4v) is 4.61. The fourth-order valence-electron chi connectivity index (χ4n) is 2.80. The molecule has 2 heterocycles. The van der Waals surface area contributed by atoms with Gasteiger partial charge in [-0.3, -0.25) is 4.79 Å². The Kier molecular flexibility index (Phi) is 5.20. The molecule has 0 aliphatic carbocycles. The minimum absolute atomic E-state index is 0.0808. The second-order valence-corrected chi connectivity index (χ2v) is 7.90. The van der Waals surface area contributed by atoms with Gasteiger partial charge in [0.25, 0.3) is 0 Å². The van der Waals surface area contributed by atoms with Crippen molar-refractivity contribution >= 4 is 35.0 Å². The molecule has 7 heteroatoms. The molecule has 1 aromatic heterocycles. The number of thioether (sulfide) groups is 1. The number of carboxylic acids is 1. The summed E-state index contributed by atoms with van der Waals surface area (Å²) in [5, 5.41) is 10.4. The molecule has 1 fully saturated rings. The summed E-state index contributed by atoms with van der Waals surface area (Å²) in [4.78, 5) is 29.0. The molecular formula is C17H18N2O3S2. The Morgan fingerprint density at radius 1 is 1.42 bits per heavy atom. The molecule has 1 aliphatic rings. The van der Waals surface area contributed by atoms with Crippen molar-refractivity contribution in [2.24, 2.45) is 0 Å². The molecule has 24 heavy (non-hydrogen) atoms. The lowest BCUT2D eigenvalue weighted by molar-refractivity contribution is -0.128. The molecule has 0 spiro atoms. The van der Waals surface area contributed by atoms with E-state index in [1.807, 2.05) is 4.90 Å². The van der Waals surface area contributed by atoms with Crippen LogP contribution in [-0.2, 0) is 4.79 Å². The van der Waals surface area contributed by atoms with E-state index in [1.165, 1.54) is 34.2 Å². The minimum atomic E-state index is -1.01. The van der Waals surface area contributed by atoms with Crippen LogP contribution in [0.4, 0.5) is 0 Å². The zero-order chi connectivity index (χ0) is 17.1. The van der Waals surface area contributed by atoms with Gasteiger partial charge in [-0.25, -0.2) is 9.78 Å². The molecular weight excluding hydrogens is 344 g/mol. The zero-order valence-electron chi connectivity index (χ0n) is 13.3. The summed E-state index contributed by atoms with van der Waals surface area (Å²) < 4.78 is 0.728. The van der Waals surface area contributed by atoms with Crippen molar-refractivity contribution in [3.8, 4) is 0 Å². The number of amides is 1. The molecule has 1 aromatic carbocycles. The van der Waals surface area contributed by atoms with Gasteiger partial charge in [0.2, 0.25) is 5.91 Å². The maximum Gasteiger partial charge on any atom is 0.355 e. The standard InChI is InChI=1S/C17H18N2O3S2/c1-11-2-4-12(5-3-11)14-6-7-15(20)19(14)8-9-23-17-18-13(10-24-17)16(21)22/h2-5,10,14H,6-9H2,1H3,(H,21,22). The number of carbonyl (C=O) groups is 2. The van der Waals surface area contributed by atoms with Crippen molar-refractivity contribution in [1.82, 2.24) is 9.88 Å². The number of aromatic nitrogens is 1. The van der Waals surface area contributed by atoms with Gasteiger partial charge in [-0.15, -0.1) is 11.3 Å². The van der Waals surface area contributed by atoms with Crippen LogP contribution in [0.2, 0.25) is 0 Å². The van der Waals surface area contributed by atoms with E-state index in [0.717, 1.165) is 10.8 Å². The SMILES string of the molecule is Cc1ccc(C2CCC(=O)N2CCSc2nc(C(=O)O)cs2)cc1. The highest BCUT2D eigenvalue weighted by Crippen LogP contribution is 2.33. The molecule has 1 atom stereocenters. The molecule has 1 amide bonds. The van der Waals surface area contributed by atoms with Crippen molar-refractivity contribution in [3.05, 3.63) is 46.5 Å². The van der Waals surface area contributed by atoms with Crippen LogP contribution in [-0.4, -0.2) is 39.2 Å². The lowest BCUT2D eigenvalue weighted by Crippen LogP contribution is -2.29. The molecule has 0 bridgehead atoms. The number of nitrogens with zero attached hydrogens (tertiary/aromatic N) is 2. The maximum atomic E-state index is 12.2. The maximum absolute atomic E-state index is 12.2. The monoisotopic (exact) mass is 362 g/mol. The van der Waals surface area contributed by atoms with E-state index < -0.39 is 5.97 Å². The van der Waals surface area contributed by atoms with Crippen molar-refractivity contribution < 1.29 is 14.7 Å². The number of benzene rings is 1. The van der Waals surface area contributed by atoms with Gasteiger partial charge in [0.15, 0.2) is 10.0 Å². The molecule has 1 unspecified atom stereocenters. The Hall–Kier alpha value is -1.86. The van der Waals surface area contributed by atoms with Gasteiger partial charge >= 0.3 is 5.97 Å². The minimum Gasteiger partial charge on any atom is -0.476 e. The third kappa shape index (κ3) is 3.79. The molecule has 3 rings (SSSR count). The Morgan fingerprint density at radius 2 is 2.17 bits per heavy atom. The number of likely N-dealkylation sites (tertiary alicyclic amines) is 1. The Balaban J connectivity index is 1.60. The summed E-state index contributed by atoms with van der Waals surface area (Å²) in [6.45, 7) is 2.70. The van der Waals surface area contributed by atoms with Crippen molar-refractivity contribution in [1.29, 1.82) is 0 Å². The van der Waals surface area contributed by atoms with E-state index in [-0.39, 0.29) is 17.6 Å². The summed E-state index contributed by atoms with van der Waals surface area (Å²) >= 11 is 2.82. The first-order valence-corrected chi connectivity index (χ1v) is 9.59. The fraction of sp³-hybridized carbons (Fsp3) is 0.353. The Labute approximate surface area is 148 Å². The zero-order valence-corrected chi connectivity index (χ0v) is 14.9. The number of rotatable bonds is 6. The first kappa shape index (κ1) is 17.0. The summed E-state index contributed by atoms with van der Waals surface area (Å²) in [6.07, 6.45) is 1.44. The van der Waals surface area contributed by atoms with Gasteiger partial charge in [0, 0.05) is 24.1 Å². The second kappa shape index (κ2) is 7.36. The number of hydrogen-bond acceptors (Lipinski definition) is 5. The number of aromatic carboxylic acids is 1. The number of thiazole rings is 1. The van der Waals surface area contributed by atoms with Crippen LogP contribution >= 0.6 is 23.1 Å².